The lowest BCUT2D eigenvalue weighted by Crippen LogP contribution is -2.59. The van der Waals surface area contributed by atoms with Crippen molar-refractivity contribution in [3.05, 3.63) is 23.8 Å². The SMILES string of the molecule is CC12N=C(N)C(C)(C)S(=O)(=O)C1CCOc1ccc(N)cc12. The molecule has 2 atom stereocenters. The average Bonchev–Trinajstić information content (AvgIpc) is 2.55. The first-order valence-corrected chi connectivity index (χ1v) is 8.77. The van der Waals surface area contributed by atoms with Crippen molar-refractivity contribution < 1.29 is 13.2 Å². The maximum atomic E-state index is 13.1. The zero-order valence-electron chi connectivity index (χ0n) is 13.0. The number of hydrogen-bond donors (Lipinski definition) is 2. The highest BCUT2D eigenvalue weighted by molar-refractivity contribution is 7.94. The smallest absolute Gasteiger partial charge is 0.168 e. The Balaban J connectivity index is 2.35. The molecule has 0 fully saturated rings. The van der Waals surface area contributed by atoms with Crippen molar-refractivity contribution in [1.82, 2.24) is 0 Å². The summed E-state index contributed by atoms with van der Waals surface area (Å²) < 4.78 is 30.7. The molecule has 0 amide bonds. The molecule has 7 heteroatoms. The van der Waals surface area contributed by atoms with Crippen LogP contribution in [0, 0.1) is 0 Å². The van der Waals surface area contributed by atoms with Gasteiger partial charge in [-0.1, -0.05) is 0 Å². The summed E-state index contributed by atoms with van der Waals surface area (Å²) in [6.45, 7) is 5.33. The van der Waals surface area contributed by atoms with Gasteiger partial charge in [0.25, 0.3) is 0 Å². The summed E-state index contributed by atoms with van der Waals surface area (Å²) >= 11 is 0. The van der Waals surface area contributed by atoms with Crippen molar-refractivity contribution in [2.45, 2.75) is 42.7 Å². The Labute approximate surface area is 130 Å². The van der Waals surface area contributed by atoms with E-state index in [-0.39, 0.29) is 5.84 Å². The van der Waals surface area contributed by atoms with Gasteiger partial charge in [-0.15, -0.1) is 0 Å². The molecule has 1 aromatic carbocycles. The molecule has 0 aromatic heterocycles. The van der Waals surface area contributed by atoms with Crippen LogP contribution in [0.5, 0.6) is 5.75 Å². The van der Waals surface area contributed by atoms with Crippen LogP contribution in [0.4, 0.5) is 5.69 Å². The average molecular weight is 323 g/mol. The van der Waals surface area contributed by atoms with Crippen molar-refractivity contribution in [2.24, 2.45) is 10.7 Å². The molecule has 120 valence electrons. The Bertz CT molecular complexity index is 770. The van der Waals surface area contributed by atoms with Gasteiger partial charge in [0.05, 0.1) is 11.9 Å². The number of aliphatic imine (C=N–C) groups is 1. The standard InChI is InChI=1S/C15H21N3O3S/c1-14(2)13(17)18-15(3)10-8-9(16)4-5-11(10)21-7-6-12(15)22(14,19)20/h4-5,8,12H,6-7,16H2,1-3H3,(H2,17,18). The normalized spacial score (nSPS) is 32.0. The first-order chi connectivity index (χ1) is 10.1. The van der Waals surface area contributed by atoms with E-state index in [1.54, 1.807) is 39.0 Å². The van der Waals surface area contributed by atoms with Crippen LogP contribution in [0.3, 0.4) is 0 Å². The van der Waals surface area contributed by atoms with Crippen molar-refractivity contribution >= 4 is 21.4 Å². The topological polar surface area (TPSA) is 108 Å². The van der Waals surface area contributed by atoms with Crippen LogP contribution in [0.1, 0.15) is 32.8 Å². The third kappa shape index (κ3) is 1.78. The third-order valence-corrected chi connectivity index (χ3v) is 7.94. The van der Waals surface area contributed by atoms with Crippen LogP contribution < -0.4 is 16.2 Å². The van der Waals surface area contributed by atoms with E-state index >= 15 is 0 Å². The van der Waals surface area contributed by atoms with E-state index < -0.39 is 25.4 Å². The number of nitrogen functional groups attached to an aromatic ring is 1. The van der Waals surface area contributed by atoms with E-state index in [4.69, 9.17) is 16.2 Å². The van der Waals surface area contributed by atoms with E-state index in [0.717, 1.165) is 0 Å². The van der Waals surface area contributed by atoms with E-state index in [0.29, 0.717) is 30.0 Å². The minimum absolute atomic E-state index is 0.126. The van der Waals surface area contributed by atoms with Gasteiger partial charge >= 0.3 is 0 Å². The molecule has 2 unspecified atom stereocenters. The number of fused-ring (bicyclic) bond motifs is 3. The Morgan fingerprint density at radius 2 is 1.95 bits per heavy atom. The van der Waals surface area contributed by atoms with E-state index in [2.05, 4.69) is 4.99 Å². The van der Waals surface area contributed by atoms with Gasteiger partial charge in [0.1, 0.15) is 21.9 Å². The molecular formula is C15H21N3O3S. The molecule has 0 aliphatic carbocycles. The summed E-state index contributed by atoms with van der Waals surface area (Å²) in [4.78, 5) is 4.61. The van der Waals surface area contributed by atoms with E-state index in [1.165, 1.54) is 0 Å². The zero-order chi connectivity index (χ0) is 16.3. The molecule has 0 saturated heterocycles. The molecule has 0 spiro atoms. The molecule has 2 aliphatic heterocycles. The van der Waals surface area contributed by atoms with Crippen LogP contribution in [-0.2, 0) is 15.4 Å². The predicted molar refractivity (Wildman–Crippen MR) is 86.7 cm³/mol. The van der Waals surface area contributed by atoms with Gasteiger partial charge in [0, 0.05) is 17.7 Å². The molecule has 4 N–H and O–H groups in total. The fraction of sp³-hybridized carbons (Fsp3) is 0.533. The minimum Gasteiger partial charge on any atom is -0.493 e. The predicted octanol–water partition coefficient (Wildman–Crippen LogP) is 1.20. The number of benzene rings is 1. The first-order valence-electron chi connectivity index (χ1n) is 7.23. The maximum Gasteiger partial charge on any atom is 0.168 e. The van der Waals surface area contributed by atoms with Gasteiger partial charge in [-0.05, 0) is 39.0 Å². The molecule has 2 aliphatic rings. The second kappa shape index (κ2) is 4.38. The van der Waals surface area contributed by atoms with Crippen LogP contribution in [0.2, 0.25) is 0 Å². The zero-order valence-corrected chi connectivity index (χ0v) is 13.8. The Hall–Kier alpha value is -1.76. The van der Waals surface area contributed by atoms with Gasteiger partial charge in [0.2, 0.25) is 0 Å². The molecule has 0 radical (unpaired) electrons. The van der Waals surface area contributed by atoms with Gasteiger partial charge in [0.15, 0.2) is 9.84 Å². The maximum absolute atomic E-state index is 13.1. The van der Waals surface area contributed by atoms with Crippen LogP contribution in [0.15, 0.2) is 23.2 Å². The third-order valence-electron chi connectivity index (χ3n) is 4.87. The van der Waals surface area contributed by atoms with Crippen molar-refractivity contribution in [3.63, 3.8) is 0 Å². The van der Waals surface area contributed by atoms with E-state index in [9.17, 15) is 8.42 Å². The number of anilines is 1. The van der Waals surface area contributed by atoms with Gasteiger partial charge in [-0.2, -0.15) is 0 Å². The van der Waals surface area contributed by atoms with Crippen molar-refractivity contribution in [2.75, 3.05) is 12.3 Å². The first kappa shape index (κ1) is 15.1. The molecule has 1 aromatic rings. The Morgan fingerprint density at radius 1 is 1.27 bits per heavy atom. The lowest BCUT2D eigenvalue weighted by atomic mass is 9.86. The number of hydrogen-bond acceptors (Lipinski definition) is 6. The summed E-state index contributed by atoms with van der Waals surface area (Å²) in [5.41, 5.74) is 12.1. The number of amidine groups is 1. The number of sulfone groups is 1. The molecule has 3 rings (SSSR count). The monoisotopic (exact) mass is 323 g/mol. The Morgan fingerprint density at radius 3 is 2.64 bits per heavy atom. The lowest BCUT2D eigenvalue weighted by Gasteiger charge is -2.43. The molecule has 0 bridgehead atoms. The Kier molecular flexibility index (Phi) is 3.01. The van der Waals surface area contributed by atoms with Crippen molar-refractivity contribution in [3.8, 4) is 5.75 Å². The number of nitrogens with two attached hydrogens (primary N) is 2. The van der Waals surface area contributed by atoms with E-state index in [1.807, 2.05) is 0 Å². The number of nitrogens with zero attached hydrogens (tertiary/aromatic N) is 1. The second-order valence-corrected chi connectivity index (χ2v) is 9.26. The summed E-state index contributed by atoms with van der Waals surface area (Å²) in [6.07, 6.45) is 0.369. The number of ether oxygens (including phenoxy) is 1. The highest BCUT2D eigenvalue weighted by Gasteiger charge is 2.57. The van der Waals surface area contributed by atoms with Crippen LogP contribution >= 0.6 is 0 Å². The molecular weight excluding hydrogens is 302 g/mol. The van der Waals surface area contributed by atoms with Crippen molar-refractivity contribution in [1.29, 1.82) is 0 Å². The quantitative estimate of drug-likeness (QED) is 0.697. The summed E-state index contributed by atoms with van der Waals surface area (Å²) in [7, 11) is -3.53. The van der Waals surface area contributed by atoms with Gasteiger partial charge in [-0.3, -0.25) is 4.99 Å². The minimum atomic E-state index is -3.53. The molecule has 22 heavy (non-hydrogen) atoms. The fourth-order valence-corrected chi connectivity index (χ4v) is 5.51. The largest absolute Gasteiger partial charge is 0.493 e. The number of rotatable bonds is 0. The van der Waals surface area contributed by atoms with Crippen LogP contribution in [0.25, 0.3) is 0 Å². The fourth-order valence-electron chi connectivity index (χ4n) is 3.28. The molecule has 0 saturated carbocycles. The molecule has 2 heterocycles. The summed E-state index contributed by atoms with van der Waals surface area (Å²) in [5.74, 6) is 0.743. The lowest BCUT2D eigenvalue weighted by molar-refractivity contribution is 0.311. The van der Waals surface area contributed by atoms with Gasteiger partial charge in [-0.25, -0.2) is 8.42 Å². The van der Waals surface area contributed by atoms with Gasteiger partial charge < -0.3 is 16.2 Å². The van der Waals surface area contributed by atoms with Crippen LogP contribution in [-0.4, -0.2) is 30.9 Å². The highest BCUT2D eigenvalue weighted by atomic mass is 32.2. The summed E-state index contributed by atoms with van der Waals surface area (Å²) in [5, 5.41) is -0.689. The molecule has 6 nitrogen and oxygen atoms in total. The summed E-state index contributed by atoms with van der Waals surface area (Å²) in [6, 6.07) is 5.23. The highest BCUT2D eigenvalue weighted by Crippen LogP contribution is 2.48. The second-order valence-electron chi connectivity index (χ2n) is 6.58.